The fraction of sp³-hybridized carbons (Fsp3) is 0.571. The van der Waals surface area contributed by atoms with E-state index in [-0.39, 0.29) is 18.0 Å². The number of alkyl halides is 2. The summed E-state index contributed by atoms with van der Waals surface area (Å²) in [4.78, 5) is 10.8. The molecule has 0 fully saturated rings. The molecule has 0 aromatic rings. The molecule has 1 aliphatic rings. The summed E-state index contributed by atoms with van der Waals surface area (Å²) in [6.07, 6.45) is 0.0458. The Morgan fingerprint density at radius 2 is 2.27 bits per heavy atom. The first kappa shape index (κ1) is 8.17. The molecule has 0 aromatic heterocycles. The van der Waals surface area contributed by atoms with E-state index in [1.807, 2.05) is 0 Å². The molecule has 0 bridgehead atoms. The molecule has 0 unspecified atom stereocenters. The van der Waals surface area contributed by atoms with Crippen LogP contribution in [0.5, 0.6) is 0 Å². The van der Waals surface area contributed by atoms with Crippen LogP contribution in [0.4, 0.5) is 8.78 Å². The van der Waals surface area contributed by atoms with Gasteiger partial charge in [0, 0.05) is 18.9 Å². The molecule has 0 atom stereocenters. The summed E-state index contributed by atoms with van der Waals surface area (Å²) in [5, 5.41) is 0. The van der Waals surface area contributed by atoms with Gasteiger partial charge in [0.25, 0.3) is 5.92 Å². The van der Waals surface area contributed by atoms with Gasteiger partial charge in [-0.2, -0.15) is 0 Å². The van der Waals surface area contributed by atoms with Crippen molar-refractivity contribution >= 4 is 5.78 Å². The molecule has 0 radical (unpaired) electrons. The van der Waals surface area contributed by atoms with E-state index in [0.29, 0.717) is 6.08 Å². The first-order chi connectivity index (χ1) is 5.05. The van der Waals surface area contributed by atoms with Gasteiger partial charge in [0.1, 0.15) is 0 Å². The predicted octanol–water partition coefficient (Wildman–Crippen LogP) is 1.51. The summed E-state index contributed by atoms with van der Waals surface area (Å²) in [5.41, 5.74) is 0. The number of ether oxygens (including phenoxy) is 1. The molecule has 62 valence electrons. The van der Waals surface area contributed by atoms with Gasteiger partial charge in [-0.15, -0.1) is 0 Å². The molecular weight excluding hydrogens is 154 g/mol. The minimum atomic E-state index is -2.88. The van der Waals surface area contributed by atoms with Gasteiger partial charge < -0.3 is 4.74 Å². The van der Waals surface area contributed by atoms with Crippen molar-refractivity contribution < 1.29 is 18.3 Å². The topological polar surface area (TPSA) is 26.3 Å². The SMILES string of the molecule is COC1=CC(F)(F)CCC1=O. The van der Waals surface area contributed by atoms with Gasteiger partial charge in [-0.1, -0.05) is 0 Å². The minimum Gasteiger partial charge on any atom is -0.493 e. The Hall–Kier alpha value is -0.930. The van der Waals surface area contributed by atoms with Gasteiger partial charge in [-0.05, 0) is 0 Å². The van der Waals surface area contributed by atoms with E-state index in [4.69, 9.17) is 0 Å². The van der Waals surface area contributed by atoms with Gasteiger partial charge in [0.15, 0.2) is 11.5 Å². The first-order valence-electron chi connectivity index (χ1n) is 3.23. The molecule has 0 saturated carbocycles. The van der Waals surface area contributed by atoms with E-state index in [2.05, 4.69) is 4.74 Å². The Kier molecular flexibility index (Phi) is 1.93. The van der Waals surface area contributed by atoms with Crippen LogP contribution in [0.15, 0.2) is 11.8 Å². The van der Waals surface area contributed by atoms with Gasteiger partial charge in [0.2, 0.25) is 0 Å². The molecule has 4 heteroatoms. The maximum atomic E-state index is 12.5. The quantitative estimate of drug-likeness (QED) is 0.584. The molecule has 0 amide bonds. The number of hydrogen-bond acceptors (Lipinski definition) is 2. The monoisotopic (exact) mass is 162 g/mol. The Morgan fingerprint density at radius 3 is 2.73 bits per heavy atom. The number of halogens is 2. The molecule has 0 aromatic carbocycles. The third kappa shape index (κ3) is 1.76. The van der Waals surface area contributed by atoms with E-state index in [1.165, 1.54) is 7.11 Å². The highest BCUT2D eigenvalue weighted by Crippen LogP contribution is 2.29. The fourth-order valence-corrected chi connectivity index (χ4v) is 0.921. The van der Waals surface area contributed by atoms with E-state index < -0.39 is 12.3 Å². The maximum Gasteiger partial charge on any atom is 0.270 e. The summed E-state index contributed by atoms with van der Waals surface area (Å²) < 4.78 is 29.5. The molecule has 1 rings (SSSR count). The second-order valence-corrected chi connectivity index (χ2v) is 2.40. The molecule has 0 N–H and O–H groups in total. The zero-order valence-corrected chi connectivity index (χ0v) is 6.06. The van der Waals surface area contributed by atoms with Gasteiger partial charge >= 0.3 is 0 Å². The number of carbonyl (C=O) groups is 1. The summed E-state index contributed by atoms with van der Waals surface area (Å²) in [7, 11) is 1.21. The smallest absolute Gasteiger partial charge is 0.270 e. The average molecular weight is 162 g/mol. The molecular formula is C7H8F2O2. The standard InChI is InChI=1S/C7H8F2O2/c1-11-6-4-7(8,9)3-2-5(6)10/h4H,2-3H2,1H3. The lowest BCUT2D eigenvalue weighted by atomic mass is 10.0. The highest BCUT2D eigenvalue weighted by molar-refractivity contribution is 5.94. The summed E-state index contributed by atoms with van der Waals surface area (Å²) in [6.45, 7) is 0. The van der Waals surface area contributed by atoms with Crippen LogP contribution in [-0.2, 0) is 9.53 Å². The Balaban J connectivity index is 2.86. The minimum absolute atomic E-state index is 0.132. The second kappa shape index (κ2) is 2.60. The van der Waals surface area contributed by atoms with Crippen LogP contribution in [-0.4, -0.2) is 18.8 Å². The number of Topliss-reactive ketones (excluding diaryl/α,β-unsaturated/α-hetero) is 1. The number of rotatable bonds is 1. The van der Waals surface area contributed by atoms with Crippen molar-refractivity contribution in [3.63, 3.8) is 0 Å². The van der Waals surface area contributed by atoms with Crippen molar-refractivity contribution in [3.8, 4) is 0 Å². The van der Waals surface area contributed by atoms with Gasteiger partial charge in [0.05, 0.1) is 7.11 Å². The third-order valence-electron chi connectivity index (χ3n) is 1.52. The van der Waals surface area contributed by atoms with E-state index in [1.54, 1.807) is 0 Å². The third-order valence-corrected chi connectivity index (χ3v) is 1.52. The Bertz CT molecular complexity index is 208. The molecule has 11 heavy (non-hydrogen) atoms. The van der Waals surface area contributed by atoms with Crippen molar-refractivity contribution in [3.05, 3.63) is 11.8 Å². The summed E-state index contributed by atoms with van der Waals surface area (Å²) in [5.74, 6) is -3.45. The lowest BCUT2D eigenvalue weighted by Gasteiger charge is -2.18. The predicted molar refractivity (Wildman–Crippen MR) is 34.3 cm³/mol. The molecule has 1 aliphatic carbocycles. The molecule has 0 spiro atoms. The number of methoxy groups -OCH3 is 1. The number of carbonyl (C=O) groups excluding carboxylic acids is 1. The van der Waals surface area contributed by atoms with Crippen LogP contribution in [0.3, 0.4) is 0 Å². The molecule has 0 saturated heterocycles. The van der Waals surface area contributed by atoms with Crippen LogP contribution in [0.1, 0.15) is 12.8 Å². The van der Waals surface area contributed by atoms with E-state index in [0.717, 1.165) is 0 Å². The Morgan fingerprint density at radius 1 is 1.64 bits per heavy atom. The lowest BCUT2D eigenvalue weighted by Crippen LogP contribution is -2.23. The van der Waals surface area contributed by atoms with Crippen molar-refractivity contribution in [1.29, 1.82) is 0 Å². The summed E-state index contributed by atoms with van der Waals surface area (Å²) >= 11 is 0. The normalized spacial score (nSPS) is 22.8. The van der Waals surface area contributed by atoms with Crippen molar-refractivity contribution in [2.75, 3.05) is 7.11 Å². The second-order valence-electron chi connectivity index (χ2n) is 2.40. The molecule has 0 heterocycles. The highest BCUT2D eigenvalue weighted by atomic mass is 19.3. The largest absolute Gasteiger partial charge is 0.493 e. The highest BCUT2D eigenvalue weighted by Gasteiger charge is 2.34. The average Bonchev–Trinajstić information content (AvgIpc) is 1.94. The van der Waals surface area contributed by atoms with Crippen LogP contribution in [0.25, 0.3) is 0 Å². The molecule has 0 aliphatic heterocycles. The number of allylic oxidation sites excluding steroid dienone is 2. The van der Waals surface area contributed by atoms with E-state index >= 15 is 0 Å². The van der Waals surface area contributed by atoms with Gasteiger partial charge in [-0.25, -0.2) is 8.78 Å². The van der Waals surface area contributed by atoms with Crippen molar-refractivity contribution in [2.24, 2.45) is 0 Å². The van der Waals surface area contributed by atoms with Crippen LogP contribution < -0.4 is 0 Å². The number of ketones is 1. The van der Waals surface area contributed by atoms with E-state index in [9.17, 15) is 13.6 Å². The first-order valence-corrected chi connectivity index (χ1v) is 3.23. The number of hydrogen-bond donors (Lipinski definition) is 0. The maximum absolute atomic E-state index is 12.5. The zero-order valence-electron chi connectivity index (χ0n) is 6.06. The summed E-state index contributed by atoms with van der Waals surface area (Å²) in [6, 6.07) is 0. The fourth-order valence-electron chi connectivity index (χ4n) is 0.921. The van der Waals surface area contributed by atoms with Crippen LogP contribution in [0, 0.1) is 0 Å². The van der Waals surface area contributed by atoms with Crippen LogP contribution in [0.2, 0.25) is 0 Å². The molecule has 2 nitrogen and oxygen atoms in total. The lowest BCUT2D eigenvalue weighted by molar-refractivity contribution is -0.121. The zero-order chi connectivity index (χ0) is 8.48. The van der Waals surface area contributed by atoms with Gasteiger partial charge in [-0.3, -0.25) is 4.79 Å². The van der Waals surface area contributed by atoms with Crippen molar-refractivity contribution in [1.82, 2.24) is 0 Å². The van der Waals surface area contributed by atoms with Crippen LogP contribution >= 0.6 is 0 Å². The Labute approximate surface area is 62.8 Å². The van der Waals surface area contributed by atoms with Crippen molar-refractivity contribution in [2.45, 2.75) is 18.8 Å².